The van der Waals surface area contributed by atoms with Crippen molar-refractivity contribution in [1.82, 2.24) is 4.90 Å². The minimum atomic E-state index is -0.309. The van der Waals surface area contributed by atoms with Gasteiger partial charge in [0.2, 0.25) is 0 Å². The predicted octanol–water partition coefficient (Wildman–Crippen LogP) is 3.07. The summed E-state index contributed by atoms with van der Waals surface area (Å²) in [6.45, 7) is 4.11. The molecule has 5 heteroatoms. The van der Waals surface area contributed by atoms with Gasteiger partial charge >= 0.3 is 0 Å². The summed E-state index contributed by atoms with van der Waals surface area (Å²) in [5.41, 5.74) is 0.580. The molecule has 104 valence electrons. The van der Waals surface area contributed by atoms with Crippen LogP contribution >= 0.6 is 22.6 Å². The predicted molar refractivity (Wildman–Crippen MR) is 79.7 cm³/mol. The second-order valence-electron chi connectivity index (χ2n) is 4.57. The van der Waals surface area contributed by atoms with Crippen molar-refractivity contribution in [3.8, 4) is 0 Å². The quantitative estimate of drug-likeness (QED) is 0.758. The van der Waals surface area contributed by atoms with Crippen LogP contribution in [-0.4, -0.2) is 36.6 Å². The van der Waals surface area contributed by atoms with E-state index < -0.39 is 0 Å². The van der Waals surface area contributed by atoms with Gasteiger partial charge in [0, 0.05) is 23.3 Å². The van der Waals surface area contributed by atoms with E-state index in [2.05, 4.69) is 0 Å². The van der Waals surface area contributed by atoms with Crippen LogP contribution in [0.15, 0.2) is 18.2 Å². The van der Waals surface area contributed by atoms with Gasteiger partial charge in [-0.15, -0.1) is 0 Å². The van der Waals surface area contributed by atoms with E-state index in [9.17, 15) is 9.18 Å². The van der Waals surface area contributed by atoms with Gasteiger partial charge in [-0.25, -0.2) is 4.39 Å². The molecule has 1 fully saturated rings. The molecule has 0 atom stereocenters. The SMILES string of the molecule is CCOC1CCN(C(=O)c2ccc(F)cc2I)CC1. The first-order chi connectivity index (χ1) is 9.11. The van der Waals surface area contributed by atoms with Crippen molar-refractivity contribution >= 4 is 28.5 Å². The van der Waals surface area contributed by atoms with Crippen molar-refractivity contribution < 1.29 is 13.9 Å². The van der Waals surface area contributed by atoms with E-state index in [1.165, 1.54) is 12.1 Å². The number of ether oxygens (including phenoxy) is 1. The van der Waals surface area contributed by atoms with Crippen LogP contribution in [0.2, 0.25) is 0 Å². The molecule has 0 radical (unpaired) electrons. The highest BCUT2D eigenvalue weighted by Crippen LogP contribution is 2.20. The molecule has 1 aliphatic rings. The summed E-state index contributed by atoms with van der Waals surface area (Å²) in [6.07, 6.45) is 2.01. The molecule has 1 saturated heterocycles. The Bertz CT molecular complexity index is 459. The molecule has 0 aromatic heterocycles. The van der Waals surface area contributed by atoms with Gasteiger partial charge in [0.05, 0.1) is 11.7 Å². The van der Waals surface area contributed by atoms with Crippen molar-refractivity contribution in [3.63, 3.8) is 0 Å². The molecular formula is C14H17FINO2. The maximum absolute atomic E-state index is 13.0. The Morgan fingerprint density at radius 2 is 2.16 bits per heavy atom. The zero-order valence-corrected chi connectivity index (χ0v) is 13.0. The van der Waals surface area contributed by atoms with Crippen molar-refractivity contribution in [1.29, 1.82) is 0 Å². The lowest BCUT2D eigenvalue weighted by atomic mass is 10.1. The van der Waals surface area contributed by atoms with Gasteiger partial charge in [-0.1, -0.05) is 0 Å². The monoisotopic (exact) mass is 377 g/mol. The second kappa shape index (κ2) is 6.65. The number of carbonyl (C=O) groups excluding carboxylic acids is 1. The number of amides is 1. The largest absolute Gasteiger partial charge is 0.378 e. The number of carbonyl (C=O) groups is 1. The summed E-state index contributed by atoms with van der Waals surface area (Å²) in [5, 5.41) is 0. The third-order valence-corrected chi connectivity index (χ3v) is 4.19. The van der Waals surface area contributed by atoms with Crippen LogP contribution in [0.1, 0.15) is 30.1 Å². The molecule has 3 nitrogen and oxygen atoms in total. The smallest absolute Gasteiger partial charge is 0.254 e. The van der Waals surface area contributed by atoms with E-state index >= 15 is 0 Å². The fraction of sp³-hybridized carbons (Fsp3) is 0.500. The van der Waals surface area contributed by atoms with Gasteiger partial charge in [0.25, 0.3) is 5.91 Å². The van der Waals surface area contributed by atoms with Gasteiger partial charge in [0.1, 0.15) is 5.82 Å². The number of piperidine rings is 1. The summed E-state index contributed by atoms with van der Waals surface area (Å²) in [6, 6.07) is 4.29. The lowest BCUT2D eigenvalue weighted by molar-refractivity contribution is 0.0145. The Balaban J connectivity index is 2.01. The third kappa shape index (κ3) is 3.66. The number of halogens is 2. The molecule has 0 N–H and O–H groups in total. The average Bonchev–Trinajstić information content (AvgIpc) is 2.39. The standard InChI is InChI=1S/C14H17FINO2/c1-2-19-11-5-7-17(8-6-11)14(18)12-4-3-10(15)9-13(12)16/h3-4,9,11H,2,5-8H2,1H3. The molecule has 1 amide bonds. The Morgan fingerprint density at radius 1 is 1.47 bits per heavy atom. The van der Waals surface area contributed by atoms with Crippen LogP contribution < -0.4 is 0 Å². The van der Waals surface area contributed by atoms with Crippen molar-refractivity contribution in [3.05, 3.63) is 33.1 Å². The maximum atomic E-state index is 13.0. The summed E-state index contributed by atoms with van der Waals surface area (Å²) in [4.78, 5) is 14.2. The highest BCUT2D eigenvalue weighted by molar-refractivity contribution is 14.1. The first-order valence-electron chi connectivity index (χ1n) is 6.47. The molecule has 0 spiro atoms. The average molecular weight is 377 g/mol. The molecule has 0 saturated carbocycles. The van der Waals surface area contributed by atoms with E-state index in [-0.39, 0.29) is 17.8 Å². The lowest BCUT2D eigenvalue weighted by Gasteiger charge is -2.32. The first-order valence-corrected chi connectivity index (χ1v) is 7.55. The fourth-order valence-corrected chi connectivity index (χ4v) is 3.00. The van der Waals surface area contributed by atoms with Crippen LogP contribution in [0.25, 0.3) is 0 Å². The molecule has 1 aromatic rings. The molecule has 1 heterocycles. The highest BCUT2D eigenvalue weighted by Gasteiger charge is 2.24. The number of nitrogens with zero attached hydrogens (tertiary/aromatic N) is 1. The second-order valence-corrected chi connectivity index (χ2v) is 5.73. The maximum Gasteiger partial charge on any atom is 0.254 e. The van der Waals surface area contributed by atoms with Crippen LogP contribution in [0, 0.1) is 9.39 Å². The highest BCUT2D eigenvalue weighted by atomic mass is 127. The van der Waals surface area contributed by atoms with Gasteiger partial charge in [0.15, 0.2) is 0 Å². The molecule has 1 aliphatic heterocycles. The van der Waals surface area contributed by atoms with E-state index in [1.807, 2.05) is 34.4 Å². The summed E-state index contributed by atoms with van der Waals surface area (Å²) in [5.74, 6) is -0.324. The van der Waals surface area contributed by atoms with Crippen molar-refractivity contribution in [2.24, 2.45) is 0 Å². The van der Waals surface area contributed by atoms with Gasteiger partial charge in [-0.05, 0) is 60.6 Å². The number of rotatable bonds is 3. The molecule has 0 bridgehead atoms. The van der Waals surface area contributed by atoms with E-state index in [1.54, 1.807) is 6.07 Å². The number of likely N-dealkylation sites (tertiary alicyclic amines) is 1. The van der Waals surface area contributed by atoms with Crippen LogP contribution in [0.3, 0.4) is 0 Å². The summed E-state index contributed by atoms with van der Waals surface area (Å²) >= 11 is 2.00. The van der Waals surface area contributed by atoms with E-state index in [0.717, 1.165) is 12.8 Å². The summed E-state index contributed by atoms with van der Waals surface area (Å²) in [7, 11) is 0. The van der Waals surface area contributed by atoms with Crippen LogP contribution in [0.5, 0.6) is 0 Å². The molecule has 0 aliphatic carbocycles. The van der Waals surface area contributed by atoms with Crippen LogP contribution in [0.4, 0.5) is 4.39 Å². The fourth-order valence-electron chi connectivity index (χ4n) is 2.29. The van der Waals surface area contributed by atoms with Crippen molar-refractivity contribution in [2.75, 3.05) is 19.7 Å². The molecule has 19 heavy (non-hydrogen) atoms. The van der Waals surface area contributed by atoms with Crippen LogP contribution in [-0.2, 0) is 4.74 Å². The lowest BCUT2D eigenvalue weighted by Crippen LogP contribution is -2.41. The van der Waals surface area contributed by atoms with E-state index in [4.69, 9.17) is 4.74 Å². The molecular weight excluding hydrogens is 360 g/mol. The van der Waals surface area contributed by atoms with Gasteiger partial charge in [-0.2, -0.15) is 0 Å². The zero-order chi connectivity index (χ0) is 13.8. The Labute approximate surface area is 126 Å². The normalized spacial score (nSPS) is 16.7. The minimum absolute atomic E-state index is 0.0145. The Morgan fingerprint density at radius 3 is 2.74 bits per heavy atom. The Kier molecular flexibility index (Phi) is 5.15. The molecule has 0 unspecified atom stereocenters. The van der Waals surface area contributed by atoms with Gasteiger partial charge in [-0.3, -0.25) is 4.79 Å². The summed E-state index contributed by atoms with van der Waals surface area (Å²) < 4.78 is 19.3. The number of hydrogen-bond acceptors (Lipinski definition) is 2. The number of benzene rings is 1. The minimum Gasteiger partial charge on any atom is -0.378 e. The number of hydrogen-bond donors (Lipinski definition) is 0. The Hall–Kier alpha value is -0.690. The van der Waals surface area contributed by atoms with Crippen molar-refractivity contribution in [2.45, 2.75) is 25.9 Å². The molecule has 2 rings (SSSR count). The van der Waals surface area contributed by atoms with E-state index in [0.29, 0.717) is 28.8 Å². The molecule has 1 aromatic carbocycles. The third-order valence-electron chi connectivity index (χ3n) is 3.29. The topological polar surface area (TPSA) is 29.5 Å². The van der Waals surface area contributed by atoms with Gasteiger partial charge < -0.3 is 9.64 Å². The first kappa shape index (κ1) is 14.7. The zero-order valence-electron chi connectivity index (χ0n) is 10.9.